The number of amides is 1. The summed E-state index contributed by atoms with van der Waals surface area (Å²) in [6.45, 7) is 7.11. The topological polar surface area (TPSA) is 90.3 Å². The number of nitrogens with two attached hydrogens (primary N) is 1. The summed E-state index contributed by atoms with van der Waals surface area (Å²) in [4.78, 5) is 24.6. The Hall–Kier alpha value is -1.92. The van der Waals surface area contributed by atoms with Gasteiger partial charge in [0.2, 0.25) is 5.91 Å². The fourth-order valence-corrected chi connectivity index (χ4v) is 2.97. The molecule has 0 bridgehead atoms. The molecule has 1 aliphatic heterocycles. The third-order valence-corrected chi connectivity index (χ3v) is 4.25. The van der Waals surface area contributed by atoms with Crippen LogP contribution in [-0.4, -0.2) is 44.1 Å². The van der Waals surface area contributed by atoms with E-state index in [0.717, 1.165) is 47.9 Å². The summed E-state index contributed by atoms with van der Waals surface area (Å²) < 4.78 is 0. The van der Waals surface area contributed by atoms with E-state index in [-0.39, 0.29) is 12.3 Å². The van der Waals surface area contributed by atoms with Crippen molar-refractivity contribution in [2.75, 3.05) is 31.5 Å². The van der Waals surface area contributed by atoms with E-state index in [1.165, 1.54) is 0 Å². The summed E-state index contributed by atoms with van der Waals surface area (Å²) in [5.74, 6) is -1.41. The molecule has 1 heterocycles. The second-order valence-electron chi connectivity index (χ2n) is 5.92. The standard InChI is InChI=1S/C16H23N3O3/c1-11-4-3-5-12(2)15(11)18-14(20)10-13(16(21)22)19-8-6-17-7-9-19/h3-5,13,17H,6-10H2,1-2H3,(H,18,20)(H,21,22)/p+1/t13-/m1/s1. The third-order valence-electron chi connectivity index (χ3n) is 4.25. The lowest BCUT2D eigenvalue weighted by Gasteiger charge is -2.30. The second-order valence-corrected chi connectivity index (χ2v) is 5.92. The second kappa shape index (κ2) is 7.38. The smallest absolute Gasteiger partial charge is 0.230 e. The van der Waals surface area contributed by atoms with Gasteiger partial charge in [-0.2, -0.15) is 0 Å². The summed E-state index contributed by atoms with van der Waals surface area (Å²) in [6.07, 6.45) is -0.0502. The van der Waals surface area contributed by atoms with Gasteiger partial charge >= 0.3 is 0 Å². The van der Waals surface area contributed by atoms with Crippen molar-refractivity contribution in [1.82, 2.24) is 0 Å². The zero-order valence-electron chi connectivity index (χ0n) is 13.1. The van der Waals surface area contributed by atoms with E-state index in [1.807, 2.05) is 32.0 Å². The van der Waals surface area contributed by atoms with Crippen LogP contribution in [0.25, 0.3) is 0 Å². The number of aryl methyl sites for hydroxylation is 2. The highest BCUT2D eigenvalue weighted by atomic mass is 16.4. The first-order valence-electron chi connectivity index (χ1n) is 7.72. The number of quaternary nitrogens is 2. The van der Waals surface area contributed by atoms with Crippen LogP contribution in [0.1, 0.15) is 17.5 Å². The molecule has 6 nitrogen and oxygen atoms in total. The number of hydrogen-bond acceptors (Lipinski definition) is 3. The van der Waals surface area contributed by atoms with Gasteiger partial charge in [-0.3, -0.25) is 4.79 Å². The lowest BCUT2D eigenvalue weighted by Crippen LogP contribution is -3.24. The molecule has 1 aromatic rings. The molecule has 0 saturated carbocycles. The minimum Gasteiger partial charge on any atom is -0.544 e. The predicted molar refractivity (Wildman–Crippen MR) is 80.3 cm³/mol. The van der Waals surface area contributed by atoms with Crippen molar-refractivity contribution in [2.24, 2.45) is 0 Å². The molecule has 1 saturated heterocycles. The van der Waals surface area contributed by atoms with E-state index >= 15 is 0 Å². The Labute approximate surface area is 130 Å². The summed E-state index contributed by atoms with van der Waals surface area (Å²) >= 11 is 0. The van der Waals surface area contributed by atoms with Gasteiger partial charge in [0.25, 0.3) is 0 Å². The number of anilines is 1. The van der Waals surface area contributed by atoms with E-state index in [1.54, 1.807) is 0 Å². The van der Waals surface area contributed by atoms with Gasteiger partial charge in [-0.1, -0.05) is 18.2 Å². The van der Waals surface area contributed by atoms with Crippen molar-refractivity contribution >= 4 is 17.6 Å². The van der Waals surface area contributed by atoms with Crippen molar-refractivity contribution in [3.05, 3.63) is 29.3 Å². The monoisotopic (exact) mass is 306 g/mol. The molecule has 6 heteroatoms. The molecule has 1 atom stereocenters. The van der Waals surface area contributed by atoms with Crippen LogP contribution >= 0.6 is 0 Å². The van der Waals surface area contributed by atoms with Crippen LogP contribution < -0.4 is 20.6 Å². The Bertz CT molecular complexity index is 533. The van der Waals surface area contributed by atoms with Crippen molar-refractivity contribution < 1.29 is 24.9 Å². The van der Waals surface area contributed by atoms with Crippen molar-refractivity contribution in [1.29, 1.82) is 0 Å². The summed E-state index contributed by atoms with van der Waals surface area (Å²) in [5, 5.41) is 16.4. The number of carbonyl (C=O) groups is 2. The van der Waals surface area contributed by atoms with E-state index in [0.29, 0.717) is 0 Å². The Morgan fingerprint density at radius 3 is 2.41 bits per heavy atom. The van der Waals surface area contributed by atoms with Gasteiger partial charge in [-0.15, -0.1) is 0 Å². The van der Waals surface area contributed by atoms with E-state index in [4.69, 9.17) is 0 Å². The molecule has 1 aliphatic rings. The lowest BCUT2D eigenvalue weighted by molar-refractivity contribution is -0.961. The Kier molecular flexibility index (Phi) is 5.51. The molecule has 1 fully saturated rings. The van der Waals surface area contributed by atoms with Gasteiger partial charge in [-0.25, -0.2) is 0 Å². The fraction of sp³-hybridized carbons (Fsp3) is 0.500. The van der Waals surface area contributed by atoms with Gasteiger partial charge in [0.15, 0.2) is 0 Å². The summed E-state index contributed by atoms with van der Waals surface area (Å²) in [6, 6.07) is 4.99. The van der Waals surface area contributed by atoms with Crippen LogP contribution in [0.15, 0.2) is 18.2 Å². The SMILES string of the molecule is Cc1cccc(C)c1NC(=O)C[C@H](C(=O)[O-])[NH+]1CC[NH2+]CC1. The molecule has 0 radical (unpaired) electrons. The van der Waals surface area contributed by atoms with Crippen LogP contribution in [0.3, 0.4) is 0 Å². The highest BCUT2D eigenvalue weighted by Crippen LogP contribution is 2.19. The molecule has 1 aromatic carbocycles. The number of carboxylic acid groups (broad SMARTS) is 1. The normalized spacial score (nSPS) is 17.0. The van der Waals surface area contributed by atoms with Crippen molar-refractivity contribution in [3.8, 4) is 0 Å². The number of aliphatic carboxylic acids is 1. The van der Waals surface area contributed by atoms with Crippen LogP contribution in [0, 0.1) is 13.8 Å². The fourth-order valence-electron chi connectivity index (χ4n) is 2.97. The lowest BCUT2D eigenvalue weighted by atomic mass is 10.1. The minimum absolute atomic E-state index is 0.0502. The van der Waals surface area contributed by atoms with Crippen molar-refractivity contribution in [3.63, 3.8) is 0 Å². The number of piperazine rings is 1. The number of rotatable bonds is 5. The molecular weight excluding hydrogens is 282 g/mol. The van der Waals surface area contributed by atoms with Gasteiger partial charge in [-0.05, 0) is 25.0 Å². The first-order valence-corrected chi connectivity index (χ1v) is 7.72. The largest absolute Gasteiger partial charge is 0.544 e. The molecule has 22 heavy (non-hydrogen) atoms. The molecule has 120 valence electrons. The number of benzene rings is 1. The molecule has 0 aliphatic carbocycles. The number of hydrogen-bond donors (Lipinski definition) is 3. The highest BCUT2D eigenvalue weighted by molar-refractivity contribution is 5.94. The van der Waals surface area contributed by atoms with Gasteiger partial charge in [0.1, 0.15) is 32.2 Å². The molecular formula is C16H24N3O3+. The summed E-state index contributed by atoms with van der Waals surface area (Å²) in [5.41, 5.74) is 2.71. The summed E-state index contributed by atoms with van der Waals surface area (Å²) in [7, 11) is 0. The van der Waals surface area contributed by atoms with Crippen LogP contribution in [-0.2, 0) is 9.59 Å². The average Bonchev–Trinajstić information content (AvgIpc) is 2.49. The average molecular weight is 306 g/mol. The maximum atomic E-state index is 12.3. The van der Waals surface area contributed by atoms with E-state index in [9.17, 15) is 14.7 Å². The third kappa shape index (κ3) is 4.05. The maximum Gasteiger partial charge on any atom is 0.230 e. The zero-order chi connectivity index (χ0) is 16.1. The number of para-hydroxylation sites is 1. The van der Waals surface area contributed by atoms with Crippen LogP contribution in [0.5, 0.6) is 0 Å². The van der Waals surface area contributed by atoms with Gasteiger partial charge < -0.3 is 25.4 Å². The molecule has 0 spiro atoms. The number of carboxylic acids is 1. The van der Waals surface area contributed by atoms with Gasteiger partial charge in [0, 0.05) is 5.69 Å². The Balaban J connectivity index is 2.03. The van der Waals surface area contributed by atoms with Crippen molar-refractivity contribution in [2.45, 2.75) is 26.3 Å². The number of nitrogens with one attached hydrogen (secondary N) is 2. The Morgan fingerprint density at radius 1 is 1.27 bits per heavy atom. The number of carbonyl (C=O) groups excluding carboxylic acids is 2. The highest BCUT2D eigenvalue weighted by Gasteiger charge is 2.29. The first-order chi connectivity index (χ1) is 10.5. The molecule has 4 N–H and O–H groups in total. The minimum atomic E-state index is -1.14. The molecule has 2 rings (SSSR count). The molecule has 1 amide bonds. The predicted octanol–water partition coefficient (Wildman–Crippen LogP) is -2.79. The maximum absolute atomic E-state index is 12.3. The quantitative estimate of drug-likeness (QED) is 0.549. The van der Waals surface area contributed by atoms with Gasteiger partial charge in [0.05, 0.1) is 12.4 Å². The van der Waals surface area contributed by atoms with E-state index in [2.05, 4.69) is 10.6 Å². The molecule has 0 aromatic heterocycles. The van der Waals surface area contributed by atoms with Crippen LogP contribution in [0.4, 0.5) is 5.69 Å². The zero-order valence-corrected chi connectivity index (χ0v) is 13.1. The molecule has 0 unspecified atom stereocenters. The van der Waals surface area contributed by atoms with E-state index < -0.39 is 12.0 Å². The first kappa shape index (κ1) is 16.5. The van der Waals surface area contributed by atoms with Crippen LogP contribution in [0.2, 0.25) is 0 Å². The Morgan fingerprint density at radius 2 is 1.86 bits per heavy atom.